The summed E-state index contributed by atoms with van der Waals surface area (Å²) in [5, 5.41) is 8.76. The van der Waals surface area contributed by atoms with Gasteiger partial charge < -0.3 is 5.32 Å². The molecule has 4 aromatic rings. The van der Waals surface area contributed by atoms with Crippen LogP contribution in [0.4, 0.5) is 10.3 Å². The largest absolute Gasteiger partial charge is 0.324 e. The van der Waals surface area contributed by atoms with Crippen molar-refractivity contribution in [2.24, 2.45) is 0 Å². The van der Waals surface area contributed by atoms with Crippen LogP contribution in [0.1, 0.15) is 17.2 Å². The SMILES string of the molecule is Fc1ccc([C@@H]2C=C(c3ccc(Br)cc3)Nc3nc(-c4ccc(Cl)cc4)nn32)cc1. The first-order chi connectivity index (χ1) is 14.6. The fourth-order valence-electron chi connectivity index (χ4n) is 3.41. The molecule has 0 saturated carbocycles. The zero-order valence-corrected chi connectivity index (χ0v) is 17.9. The summed E-state index contributed by atoms with van der Waals surface area (Å²) in [6.45, 7) is 0. The standard InChI is InChI=1S/C23H15BrClFN4/c24-17-7-1-14(2-8-17)20-13-21(15-5-11-19(26)12-6-15)30-23(27-20)28-22(29-30)16-3-9-18(25)10-4-16/h1-13,21H,(H,27,28,29)/t21-/m0/s1. The number of hydrogen-bond acceptors (Lipinski definition) is 3. The summed E-state index contributed by atoms with van der Waals surface area (Å²) in [5.41, 5.74) is 3.72. The minimum atomic E-state index is -0.273. The molecule has 3 aromatic carbocycles. The number of nitrogens with one attached hydrogen (secondary N) is 1. The molecule has 0 amide bonds. The third kappa shape index (κ3) is 3.64. The first-order valence-corrected chi connectivity index (χ1v) is 10.5. The van der Waals surface area contributed by atoms with Crippen LogP contribution in [-0.4, -0.2) is 14.8 Å². The molecule has 7 heteroatoms. The lowest BCUT2D eigenvalue weighted by Crippen LogP contribution is -2.20. The first-order valence-electron chi connectivity index (χ1n) is 9.29. The molecule has 1 aliphatic heterocycles. The predicted octanol–water partition coefficient (Wildman–Crippen LogP) is 6.56. The second kappa shape index (κ2) is 7.70. The zero-order chi connectivity index (χ0) is 20.7. The van der Waals surface area contributed by atoms with Gasteiger partial charge in [-0.1, -0.05) is 51.8 Å². The van der Waals surface area contributed by atoms with Gasteiger partial charge in [0.2, 0.25) is 5.95 Å². The van der Waals surface area contributed by atoms with Gasteiger partial charge in [-0.25, -0.2) is 9.07 Å². The molecule has 1 aliphatic rings. The molecule has 0 fully saturated rings. The van der Waals surface area contributed by atoms with Crippen LogP contribution in [0.2, 0.25) is 5.02 Å². The van der Waals surface area contributed by atoms with Gasteiger partial charge in [0, 0.05) is 20.8 Å². The van der Waals surface area contributed by atoms with Crippen LogP contribution in [0.5, 0.6) is 0 Å². The Bertz CT molecular complexity index is 1230. The number of nitrogens with zero attached hydrogens (tertiary/aromatic N) is 3. The Kier molecular flexibility index (Phi) is 4.89. The summed E-state index contributed by atoms with van der Waals surface area (Å²) < 4.78 is 16.3. The van der Waals surface area contributed by atoms with Gasteiger partial charge in [0.05, 0.1) is 0 Å². The maximum absolute atomic E-state index is 13.5. The van der Waals surface area contributed by atoms with E-state index in [1.54, 1.807) is 12.1 Å². The number of hydrogen-bond donors (Lipinski definition) is 1. The molecule has 0 spiro atoms. The number of anilines is 1. The van der Waals surface area contributed by atoms with Gasteiger partial charge in [0.25, 0.3) is 0 Å². The molecule has 148 valence electrons. The number of allylic oxidation sites excluding steroid dienone is 1. The van der Waals surface area contributed by atoms with E-state index >= 15 is 0 Å². The van der Waals surface area contributed by atoms with Crippen molar-refractivity contribution in [1.29, 1.82) is 0 Å². The lowest BCUT2D eigenvalue weighted by molar-refractivity contribution is 0.604. The molecule has 0 unspecified atom stereocenters. The number of aromatic nitrogens is 3. The van der Waals surface area contributed by atoms with E-state index in [0.29, 0.717) is 16.8 Å². The molecule has 0 aliphatic carbocycles. The minimum absolute atomic E-state index is 0.228. The van der Waals surface area contributed by atoms with Crippen LogP contribution in [0.25, 0.3) is 17.1 Å². The summed E-state index contributed by atoms with van der Waals surface area (Å²) in [6, 6.07) is 21.7. The van der Waals surface area contributed by atoms with Crippen molar-refractivity contribution >= 4 is 39.2 Å². The van der Waals surface area contributed by atoms with Crippen molar-refractivity contribution in [2.75, 3.05) is 5.32 Å². The molecule has 1 atom stereocenters. The van der Waals surface area contributed by atoms with Crippen LogP contribution in [0.3, 0.4) is 0 Å². The molecular formula is C23H15BrClFN4. The second-order valence-electron chi connectivity index (χ2n) is 6.92. The smallest absolute Gasteiger partial charge is 0.227 e. The average Bonchev–Trinajstić information content (AvgIpc) is 3.19. The fraction of sp³-hybridized carbons (Fsp3) is 0.0435. The Morgan fingerprint density at radius 1 is 0.900 bits per heavy atom. The third-order valence-corrected chi connectivity index (χ3v) is 5.72. The lowest BCUT2D eigenvalue weighted by Gasteiger charge is -2.24. The zero-order valence-electron chi connectivity index (χ0n) is 15.6. The molecule has 0 bridgehead atoms. The normalized spacial score (nSPS) is 15.3. The highest BCUT2D eigenvalue weighted by molar-refractivity contribution is 9.10. The fourth-order valence-corrected chi connectivity index (χ4v) is 3.80. The van der Waals surface area contributed by atoms with Crippen LogP contribution >= 0.6 is 27.5 Å². The van der Waals surface area contributed by atoms with Crippen molar-refractivity contribution in [2.45, 2.75) is 6.04 Å². The Balaban J connectivity index is 1.61. The monoisotopic (exact) mass is 480 g/mol. The molecule has 1 N–H and O–H groups in total. The van der Waals surface area contributed by atoms with Crippen molar-refractivity contribution in [3.8, 4) is 11.4 Å². The predicted molar refractivity (Wildman–Crippen MR) is 121 cm³/mol. The van der Waals surface area contributed by atoms with Gasteiger partial charge in [0.15, 0.2) is 5.82 Å². The summed E-state index contributed by atoms with van der Waals surface area (Å²) >= 11 is 9.49. The Morgan fingerprint density at radius 3 is 2.27 bits per heavy atom. The molecule has 0 saturated heterocycles. The van der Waals surface area contributed by atoms with E-state index in [2.05, 4.69) is 27.3 Å². The summed E-state index contributed by atoms with van der Waals surface area (Å²) in [7, 11) is 0. The number of halogens is 3. The van der Waals surface area contributed by atoms with Crippen molar-refractivity contribution in [1.82, 2.24) is 14.8 Å². The van der Waals surface area contributed by atoms with Crippen LogP contribution in [0.15, 0.2) is 83.3 Å². The van der Waals surface area contributed by atoms with Gasteiger partial charge in [-0.15, -0.1) is 5.10 Å². The van der Waals surface area contributed by atoms with Crippen molar-refractivity contribution in [3.63, 3.8) is 0 Å². The third-order valence-electron chi connectivity index (χ3n) is 4.93. The highest BCUT2D eigenvalue weighted by Gasteiger charge is 2.25. The van der Waals surface area contributed by atoms with Gasteiger partial charge in [-0.05, 0) is 65.7 Å². The van der Waals surface area contributed by atoms with Crippen LogP contribution in [-0.2, 0) is 0 Å². The summed E-state index contributed by atoms with van der Waals surface area (Å²) in [6.07, 6.45) is 2.07. The lowest BCUT2D eigenvalue weighted by atomic mass is 10.0. The number of fused-ring (bicyclic) bond motifs is 1. The van der Waals surface area contributed by atoms with E-state index in [1.807, 2.05) is 53.2 Å². The van der Waals surface area contributed by atoms with E-state index < -0.39 is 0 Å². The highest BCUT2D eigenvalue weighted by atomic mass is 79.9. The average molecular weight is 482 g/mol. The molecule has 30 heavy (non-hydrogen) atoms. The second-order valence-corrected chi connectivity index (χ2v) is 8.27. The maximum atomic E-state index is 13.5. The summed E-state index contributed by atoms with van der Waals surface area (Å²) in [4.78, 5) is 4.71. The van der Waals surface area contributed by atoms with E-state index in [0.717, 1.165) is 26.9 Å². The molecule has 4 nitrogen and oxygen atoms in total. The topological polar surface area (TPSA) is 42.7 Å². The van der Waals surface area contributed by atoms with Crippen LogP contribution in [0, 0.1) is 5.82 Å². The molecule has 2 heterocycles. The van der Waals surface area contributed by atoms with E-state index in [4.69, 9.17) is 21.7 Å². The quantitative estimate of drug-likeness (QED) is 0.360. The Hall–Kier alpha value is -2.96. The van der Waals surface area contributed by atoms with Gasteiger partial charge in [-0.2, -0.15) is 4.98 Å². The molecule has 0 radical (unpaired) electrons. The number of benzene rings is 3. The molecule has 5 rings (SSSR count). The maximum Gasteiger partial charge on any atom is 0.227 e. The minimum Gasteiger partial charge on any atom is -0.324 e. The van der Waals surface area contributed by atoms with E-state index in [1.165, 1.54) is 12.1 Å². The Morgan fingerprint density at radius 2 is 1.57 bits per heavy atom. The van der Waals surface area contributed by atoms with Crippen molar-refractivity contribution in [3.05, 3.63) is 105 Å². The highest BCUT2D eigenvalue weighted by Crippen LogP contribution is 2.34. The van der Waals surface area contributed by atoms with Gasteiger partial charge in [-0.3, -0.25) is 0 Å². The number of rotatable bonds is 3. The molecular weight excluding hydrogens is 467 g/mol. The summed E-state index contributed by atoms with van der Waals surface area (Å²) in [5.74, 6) is 0.937. The first kappa shape index (κ1) is 19.0. The van der Waals surface area contributed by atoms with Gasteiger partial charge in [0.1, 0.15) is 11.9 Å². The van der Waals surface area contributed by atoms with E-state index in [-0.39, 0.29) is 11.9 Å². The van der Waals surface area contributed by atoms with Gasteiger partial charge >= 0.3 is 0 Å². The van der Waals surface area contributed by atoms with E-state index in [9.17, 15) is 4.39 Å². The van der Waals surface area contributed by atoms with Crippen LogP contribution < -0.4 is 5.32 Å². The Labute approximate surface area is 186 Å². The molecule has 1 aromatic heterocycles. The van der Waals surface area contributed by atoms with Crippen molar-refractivity contribution < 1.29 is 4.39 Å².